The Bertz CT molecular complexity index is 568. The lowest BCUT2D eigenvalue weighted by molar-refractivity contribution is 0.158. The average molecular weight is 270 g/mol. The summed E-state index contributed by atoms with van der Waals surface area (Å²) in [7, 11) is -3.86. The average Bonchev–Trinajstić information content (AvgIpc) is 2.75. The molecule has 0 fully saturated rings. The second kappa shape index (κ2) is 4.85. The Morgan fingerprint density at radius 2 is 2.28 bits per heavy atom. The first-order chi connectivity index (χ1) is 8.53. The van der Waals surface area contributed by atoms with Gasteiger partial charge in [0.2, 0.25) is 0 Å². The van der Waals surface area contributed by atoms with Crippen LogP contribution in [0.2, 0.25) is 0 Å². The molecule has 1 aliphatic heterocycles. The Balaban J connectivity index is 2.22. The number of fused-ring (bicyclic) bond motifs is 1. The largest absolute Gasteiger partial charge is 0.449 e. The van der Waals surface area contributed by atoms with Crippen molar-refractivity contribution >= 4 is 21.8 Å². The molecule has 0 unspecified atom stereocenters. The van der Waals surface area contributed by atoms with Crippen molar-refractivity contribution in [2.24, 2.45) is 0 Å². The molecule has 0 aliphatic carbocycles. The van der Waals surface area contributed by atoms with Crippen LogP contribution in [0.15, 0.2) is 23.1 Å². The number of anilines is 1. The van der Waals surface area contributed by atoms with E-state index in [-0.39, 0.29) is 11.5 Å². The Kier molecular flexibility index (Phi) is 3.42. The van der Waals surface area contributed by atoms with Crippen molar-refractivity contribution in [3.8, 4) is 0 Å². The third-order valence-electron chi connectivity index (χ3n) is 2.59. The van der Waals surface area contributed by atoms with Crippen molar-refractivity contribution in [2.75, 3.05) is 18.5 Å². The molecule has 2 N–H and O–H groups in total. The molecule has 6 nitrogen and oxygen atoms in total. The Morgan fingerprint density at radius 1 is 1.50 bits per heavy atom. The zero-order valence-corrected chi connectivity index (χ0v) is 10.7. The summed E-state index contributed by atoms with van der Waals surface area (Å²) in [6.07, 6.45) is -0.186. The fraction of sp³-hybridized carbons (Fsp3) is 0.364. The summed E-state index contributed by atoms with van der Waals surface area (Å²) >= 11 is 0. The fourth-order valence-corrected chi connectivity index (χ4v) is 2.72. The fourth-order valence-electron chi connectivity index (χ4n) is 1.78. The lowest BCUT2D eigenvalue weighted by Gasteiger charge is -2.08. The van der Waals surface area contributed by atoms with Crippen molar-refractivity contribution in [2.45, 2.75) is 18.2 Å². The van der Waals surface area contributed by atoms with E-state index in [9.17, 15) is 13.2 Å². The third-order valence-corrected chi connectivity index (χ3v) is 3.90. The number of hydrogen-bond donors (Lipinski definition) is 2. The smallest absolute Gasteiger partial charge is 0.421 e. The first kappa shape index (κ1) is 12.7. The van der Waals surface area contributed by atoms with Crippen molar-refractivity contribution < 1.29 is 17.9 Å². The summed E-state index contributed by atoms with van der Waals surface area (Å²) in [4.78, 5) is 11.2. The van der Waals surface area contributed by atoms with Gasteiger partial charge >= 0.3 is 6.09 Å². The van der Waals surface area contributed by atoms with Crippen LogP contribution in [0.3, 0.4) is 0 Å². The van der Waals surface area contributed by atoms with Gasteiger partial charge in [0.1, 0.15) is 0 Å². The molecule has 98 valence electrons. The van der Waals surface area contributed by atoms with Gasteiger partial charge in [-0.05, 0) is 37.1 Å². The molecule has 1 aromatic rings. The highest BCUT2D eigenvalue weighted by Crippen LogP contribution is 2.24. The van der Waals surface area contributed by atoms with Crippen LogP contribution < -0.4 is 10.0 Å². The van der Waals surface area contributed by atoms with Crippen molar-refractivity contribution in [1.29, 1.82) is 0 Å². The second-order valence-electron chi connectivity index (χ2n) is 3.82. The van der Waals surface area contributed by atoms with Crippen LogP contribution in [0, 0.1) is 0 Å². The van der Waals surface area contributed by atoms with E-state index in [1.807, 2.05) is 4.72 Å². The summed E-state index contributed by atoms with van der Waals surface area (Å²) in [5.41, 5.74) is 1.87. The highest BCUT2D eigenvalue weighted by molar-refractivity contribution is 7.90. The number of hydrogen-bond acceptors (Lipinski definition) is 5. The summed E-state index contributed by atoms with van der Waals surface area (Å²) in [6.45, 7) is 2.52. The maximum Gasteiger partial charge on any atom is 0.421 e. The van der Waals surface area contributed by atoms with E-state index in [1.165, 1.54) is 6.07 Å². The molecule has 1 amide bonds. The minimum atomic E-state index is -3.86. The Hall–Kier alpha value is -1.76. The predicted molar refractivity (Wildman–Crippen MR) is 66.0 cm³/mol. The highest BCUT2D eigenvalue weighted by Gasteiger charge is 2.20. The monoisotopic (exact) mass is 270 g/mol. The number of ether oxygens (including phenoxy) is 1. The van der Waals surface area contributed by atoms with E-state index >= 15 is 0 Å². The van der Waals surface area contributed by atoms with Gasteiger partial charge in [-0.25, -0.2) is 17.9 Å². The van der Waals surface area contributed by atoms with Gasteiger partial charge in [-0.3, -0.25) is 0 Å². The van der Waals surface area contributed by atoms with E-state index < -0.39 is 16.1 Å². The normalized spacial score (nSPS) is 13.6. The van der Waals surface area contributed by atoms with Crippen LogP contribution in [0.25, 0.3) is 0 Å². The Morgan fingerprint density at radius 3 is 3.00 bits per heavy atom. The van der Waals surface area contributed by atoms with Gasteiger partial charge in [0.05, 0.1) is 11.5 Å². The first-order valence-electron chi connectivity index (χ1n) is 5.59. The van der Waals surface area contributed by atoms with E-state index in [0.717, 1.165) is 24.2 Å². The summed E-state index contributed by atoms with van der Waals surface area (Å²) in [5, 5.41) is 3.13. The van der Waals surface area contributed by atoms with Gasteiger partial charge in [-0.1, -0.05) is 0 Å². The number of rotatable bonds is 3. The first-order valence-corrected chi connectivity index (χ1v) is 7.07. The van der Waals surface area contributed by atoms with E-state index in [0.29, 0.717) is 0 Å². The number of carbonyl (C=O) groups is 1. The van der Waals surface area contributed by atoms with Crippen molar-refractivity contribution in [3.63, 3.8) is 0 Å². The maximum atomic E-state index is 11.9. The molecule has 1 aromatic carbocycles. The minimum Gasteiger partial charge on any atom is -0.449 e. The summed E-state index contributed by atoms with van der Waals surface area (Å²) in [5.74, 6) is 0. The number of amides is 1. The lowest BCUT2D eigenvalue weighted by Crippen LogP contribution is -2.31. The summed E-state index contributed by atoms with van der Waals surface area (Å²) < 4.78 is 30.2. The number of sulfonamides is 1. The van der Waals surface area contributed by atoms with Gasteiger partial charge in [-0.15, -0.1) is 0 Å². The molecule has 0 bridgehead atoms. The van der Waals surface area contributed by atoms with Gasteiger partial charge in [0.25, 0.3) is 10.0 Å². The zero-order chi connectivity index (χ0) is 13.2. The minimum absolute atomic E-state index is 0.0676. The van der Waals surface area contributed by atoms with Crippen LogP contribution in [-0.2, 0) is 21.2 Å². The molecule has 0 radical (unpaired) electrons. The van der Waals surface area contributed by atoms with Crippen molar-refractivity contribution in [1.82, 2.24) is 4.72 Å². The standard InChI is InChI=1S/C11H14N2O4S/c1-2-17-11(14)13-18(15,16)9-3-4-10-8(7-9)5-6-12-10/h3-4,7,12H,2,5-6H2,1H3,(H,13,14). The quantitative estimate of drug-likeness (QED) is 0.859. The van der Waals surface area contributed by atoms with Gasteiger partial charge in [0.15, 0.2) is 0 Å². The molecule has 1 aliphatic rings. The predicted octanol–water partition coefficient (Wildman–Crippen LogP) is 1.09. The van der Waals surface area contributed by atoms with E-state index in [1.54, 1.807) is 19.1 Å². The molecule has 0 saturated heterocycles. The molecule has 2 rings (SSSR count). The topological polar surface area (TPSA) is 84.5 Å². The molecule has 0 atom stereocenters. The molecule has 18 heavy (non-hydrogen) atoms. The number of nitrogens with one attached hydrogen (secondary N) is 2. The molecular weight excluding hydrogens is 256 g/mol. The lowest BCUT2D eigenvalue weighted by atomic mass is 10.2. The van der Waals surface area contributed by atoms with Crippen LogP contribution in [0.5, 0.6) is 0 Å². The molecule has 0 saturated carbocycles. The molecule has 1 heterocycles. The van der Waals surface area contributed by atoms with Crippen LogP contribution in [0.4, 0.5) is 10.5 Å². The van der Waals surface area contributed by atoms with E-state index in [2.05, 4.69) is 10.1 Å². The van der Waals surface area contributed by atoms with Crippen LogP contribution in [0.1, 0.15) is 12.5 Å². The van der Waals surface area contributed by atoms with Gasteiger partial charge in [0, 0.05) is 12.2 Å². The van der Waals surface area contributed by atoms with Crippen LogP contribution >= 0.6 is 0 Å². The molecule has 0 spiro atoms. The van der Waals surface area contributed by atoms with Gasteiger partial charge < -0.3 is 10.1 Å². The third kappa shape index (κ3) is 2.56. The SMILES string of the molecule is CCOC(=O)NS(=O)(=O)c1ccc2c(c1)CCN2. The Labute approximate surface area is 105 Å². The number of carbonyl (C=O) groups excluding carboxylic acids is 1. The molecule has 7 heteroatoms. The van der Waals surface area contributed by atoms with Crippen LogP contribution in [-0.4, -0.2) is 27.7 Å². The number of benzene rings is 1. The van der Waals surface area contributed by atoms with Gasteiger partial charge in [-0.2, -0.15) is 0 Å². The zero-order valence-electron chi connectivity index (χ0n) is 9.89. The molecular formula is C11H14N2O4S. The second-order valence-corrected chi connectivity index (χ2v) is 5.50. The maximum absolute atomic E-state index is 11.9. The highest BCUT2D eigenvalue weighted by atomic mass is 32.2. The van der Waals surface area contributed by atoms with Crippen molar-refractivity contribution in [3.05, 3.63) is 23.8 Å². The summed E-state index contributed by atoms with van der Waals surface area (Å²) in [6, 6.07) is 4.72. The van der Waals surface area contributed by atoms with E-state index in [4.69, 9.17) is 0 Å². The molecule has 0 aromatic heterocycles.